The number of halogens is 6. The van der Waals surface area contributed by atoms with E-state index in [1.807, 2.05) is 0 Å². The van der Waals surface area contributed by atoms with Gasteiger partial charge in [-0.1, -0.05) is 0 Å². The van der Waals surface area contributed by atoms with Crippen molar-refractivity contribution in [2.45, 2.75) is 23.9 Å². The molecule has 0 bridgehead atoms. The molecule has 0 radical (unpaired) electrons. The Kier molecular flexibility index (Phi) is 10.8. The summed E-state index contributed by atoms with van der Waals surface area (Å²) in [5.41, 5.74) is -12.4. The molecule has 1 saturated heterocycles. The molecule has 1 rings (SSSR count). The highest BCUT2D eigenvalue weighted by atomic mass is 32.3. The summed E-state index contributed by atoms with van der Waals surface area (Å²) in [7, 11) is -13.4. The van der Waals surface area contributed by atoms with Gasteiger partial charge in [0.1, 0.15) is 13.1 Å². The Hall–Kier alpha value is -0.720. The number of quaternary nitrogens is 1. The normalized spacial score (nSPS) is 17.7. The van der Waals surface area contributed by atoms with Crippen molar-refractivity contribution in [1.82, 2.24) is 0 Å². The molecule has 1 fully saturated rings. The van der Waals surface area contributed by atoms with Crippen LogP contribution in [0.1, 0.15) is 12.8 Å². The van der Waals surface area contributed by atoms with Gasteiger partial charge in [-0.2, -0.15) is 26.3 Å². The number of rotatable bonds is 9. The minimum Gasteiger partial charge on any atom is -0.421 e. The van der Waals surface area contributed by atoms with E-state index in [1.165, 1.54) is 25.9 Å². The molecule has 0 aromatic heterocycles. The Labute approximate surface area is 163 Å². The molecule has 0 saturated carbocycles. The van der Waals surface area contributed by atoms with Gasteiger partial charge < -0.3 is 23.6 Å². The summed E-state index contributed by atoms with van der Waals surface area (Å²) in [5.74, 6) is 0. The summed E-state index contributed by atoms with van der Waals surface area (Å²) >= 11 is 0. The first kappa shape index (κ1) is 28.3. The van der Waals surface area contributed by atoms with Crippen LogP contribution in [0.5, 0.6) is 0 Å². The van der Waals surface area contributed by atoms with Crippen molar-refractivity contribution < 1.29 is 62.6 Å². The lowest BCUT2D eigenvalue weighted by Gasteiger charge is -2.33. The molecule has 17 heteroatoms. The maximum absolute atomic E-state index is 11.4. The van der Waals surface area contributed by atoms with E-state index in [9.17, 15) is 43.2 Å². The molecule has 0 atom stereocenters. The van der Waals surface area contributed by atoms with Gasteiger partial charge >= 0.3 is 11.0 Å². The van der Waals surface area contributed by atoms with Crippen molar-refractivity contribution in [3.63, 3.8) is 0 Å². The quantitative estimate of drug-likeness (QED) is 0.279. The number of hydrogen-bond donors (Lipinski definition) is 2. The van der Waals surface area contributed by atoms with Crippen LogP contribution in [0.2, 0.25) is 0 Å². The summed E-state index contributed by atoms with van der Waals surface area (Å²) < 4.78 is 115. The summed E-state index contributed by atoms with van der Waals surface area (Å²) in [5, 5.41) is 17.6. The van der Waals surface area contributed by atoms with Crippen LogP contribution in [0.15, 0.2) is 0 Å². The smallest absolute Gasteiger partial charge is 0.421 e. The average molecular weight is 484 g/mol. The third-order valence-corrected chi connectivity index (χ3v) is 6.56. The Morgan fingerprint density at radius 2 is 1.24 bits per heavy atom. The molecule has 2 N–H and O–H groups in total. The summed E-state index contributed by atoms with van der Waals surface area (Å²) in [6.45, 7) is 5.65. The van der Waals surface area contributed by atoms with Gasteiger partial charge in [0.05, 0.1) is 39.5 Å². The zero-order chi connectivity index (χ0) is 23.0. The lowest BCUT2D eigenvalue weighted by molar-refractivity contribution is -0.917. The van der Waals surface area contributed by atoms with Crippen molar-refractivity contribution in [2.24, 2.45) is 0 Å². The van der Waals surface area contributed by atoms with Crippen LogP contribution in [-0.4, -0.2) is 95.2 Å². The molecule has 1 aliphatic rings. The van der Waals surface area contributed by atoms with Crippen molar-refractivity contribution in [3.8, 4) is 0 Å². The van der Waals surface area contributed by atoms with Gasteiger partial charge in [-0.25, -0.2) is 16.8 Å². The second-order valence-electron chi connectivity index (χ2n) is 5.92. The molecule has 176 valence electrons. The highest BCUT2D eigenvalue weighted by molar-refractivity contribution is 8.13. The summed E-state index contributed by atoms with van der Waals surface area (Å²) in [6, 6.07) is 0. The molecule has 0 aliphatic carbocycles. The number of hydrogen-bond acceptors (Lipinski definition) is 7. The Morgan fingerprint density at radius 3 is 1.59 bits per heavy atom. The van der Waals surface area contributed by atoms with Crippen molar-refractivity contribution in [2.75, 3.05) is 52.6 Å². The molecule has 1 aliphatic heterocycles. The Bertz CT molecular complexity index is 647. The zero-order valence-corrected chi connectivity index (χ0v) is 16.6. The molecule has 29 heavy (non-hydrogen) atoms. The van der Waals surface area contributed by atoms with E-state index in [4.69, 9.17) is 14.9 Å². The number of ether oxygens (including phenoxy) is 1. The van der Waals surface area contributed by atoms with Gasteiger partial charge in [-0.15, -0.1) is 0 Å². The lowest BCUT2D eigenvalue weighted by atomic mass is 10.4. The fourth-order valence-electron chi connectivity index (χ4n) is 2.42. The van der Waals surface area contributed by atoms with Crippen LogP contribution >= 0.6 is 0 Å². The van der Waals surface area contributed by atoms with E-state index in [-0.39, 0.29) is 13.2 Å². The van der Waals surface area contributed by atoms with E-state index in [2.05, 4.69) is 0 Å². The molecule has 0 aromatic rings. The van der Waals surface area contributed by atoms with E-state index >= 15 is 0 Å². The first-order chi connectivity index (χ1) is 13.0. The van der Waals surface area contributed by atoms with E-state index in [0.29, 0.717) is 13.2 Å². The van der Waals surface area contributed by atoms with E-state index in [1.54, 1.807) is 0 Å². The van der Waals surface area contributed by atoms with Crippen molar-refractivity contribution in [3.05, 3.63) is 4.13 Å². The van der Waals surface area contributed by atoms with Crippen LogP contribution in [-0.2, 0) is 24.8 Å². The van der Waals surface area contributed by atoms with Gasteiger partial charge in [0.2, 0.25) is 0 Å². The molecular formula is C12H22F6N2O7S2. The lowest BCUT2D eigenvalue weighted by Crippen LogP contribution is -2.49. The third kappa shape index (κ3) is 9.31. The number of aliphatic hydroxyl groups is 2. The summed E-state index contributed by atoms with van der Waals surface area (Å²) in [4.78, 5) is 0. The van der Waals surface area contributed by atoms with E-state index in [0.717, 1.165) is 21.7 Å². The highest BCUT2D eigenvalue weighted by Gasteiger charge is 2.46. The van der Waals surface area contributed by atoms with Gasteiger partial charge in [0.25, 0.3) is 0 Å². The van der Waals surface area contributed by atoms with Gasteiger partial charge in [0, 0.05) is 12.8 Å². The molecule has 9 nitrogen and oxygen atoms in total. The Morgan fingerprint density at radius 1 is 0.793 bits per heavy atom. The first-order valence-corrected chi connectivity index (χ1v) is 10.9. The van der Waals surface area contributed by atoms with Crippen molar-refractivity contribution in [1.29, 1.82) is 0 Å². The monoisotopic (exact) mass is 484 g/mol. The topological polar surface area (TPSA) is 132 Å². The van der Waals surface area contributed by atoms with Crippen LogP contribution in [0.3, 0.4) is 0 Å². The second-order valence-corrected chi connectivity index (χ2v) is 9.34. The van der Waals surface area contributed by atoms with Gasteiger partial charge in [0.15, 0.2) is 20.0 Å². The fraction of sp³-hybridized carbons (Fsp3) is 1.00. The van der Waals surface area contributed by atoms with E-state index < -0.39 is 31.1 Å². The number of aliphatic hydroxyl groups excluding tert-OH is 2. The van der Waals surface area contributed by atoms with Crippen LogP contribution in [0.25, 0.3) is 4.13 Å². The molecule has 0 amide bonds. The SMILES string of the molecule is O=S(=O)([N-]S(=O)(=O)C(F)(F)F)C(F)(F)F.OCCOCC[N+]1(CCO)CCCC1. The van der Waals surface area contributed by atoms with Gasteiger partial charge in [-0.05, 0) is 0 Å². The highest BCUT2D eigenvalue weighted by Crippen LogP contribution is 2.36. The number of nitrogens with zero attached hydrogens (tertiary/aromatic N) is 2. The Balaban J connectivity index is 0.000000541. The molecule has 1 heterocycles. The fourth-order valence-corrected chi connectivity index (χ4v) is 4.13. The summed E-state index contributed by atoms with van der Waals surface area (Å²) in [6.07, 6.45) is 2.53. The molecule has 0 unspecified atom stereocenters. The number of likely N-dealkylation sites (tertiary alicyclic amines) is 1. The first-order valence-electron chi connectivity index (χ1n) is 8.05. The minimum absolute atomic E-state index is 0.0972. The zero-order valence-electron chi connectivity index (χ0n) is 15.0. The second kappa shape index (κ2) is 11.1. The predicted molar refractivity (Wildman–Crippen MR) is 87.3 cm³/mol. The molecular weight excluding hydrogens is 462 g/mol. The van der Waals surface area contributed by atoms with Gasteiger partial charge in [-0.3, -0.25) is 0 Å². The third-order valence-electron chi connectivity index (χ3n) is 3.82. The van der Waals surface area contributed by atoms with Crippen LogP contribution in [0.4, 0.5) is 26.3 Å². The minimum atomic E-state index is -6.72. The molecule has 0 spiro atoms. The maximum Gasteiger partial charge on any atom is 0.480 e. The maximum atomic E-state index is 11.4. The predicted octanol–water partition coefficient (Wildman–Crippen LogP) is 0.658. The van der Waals surface area contributed by atoms with Crippen molar-refractivity contribution >= 4 is 20.0 Å². The van der Waals surface area contributed by atoms with Crippen LogP contribution in [0, 0.1) is 0 Å². The van der Waals surface area contributed by atoms with Crippen LogP contribution < -0.4 is 0 Å². The number of sulfonamides is 2. The average Bonchev–Trinajstić information content (AvgIpc) is 2.98. The molecule has 0 aromatic carbocycles. The number of alkyl halides is 6. The largest absolute Gasteiger partial charge is 0.480 e. The standard InChI is InChI=1S/C10H22NO3.C2F6NO4S2/c12-7-5-11(3-1-2-4-11)6-9-14-10-8-13;3-1(4,5)14(10,11)9-15(12,13)2(6,7)8/h12-13H,1-10H2;/q+1;-1.